The number of imidazole rings is 1. The number of nitrogens with zero attached hydrogens (tertiary/aromatic N) is 3. The monoisotopic (exact) mass is 520 g/mol. The lowest BCUT2D eigenvalue weighted by Crippen LogP contribution is -2.32. The van der Waals surface area contributed by atoms with Crippen molar-refractivity contribution in [3.63, 3.8) is 0 Å². The third-order valence-corrected chi connectivity index (χ3v) is 7.37. The van der Waals surface area contributed by atoms with Crippen molar-refractivity contribution < 1.29 is 18.0 Å². The average Bonchev–Trinajstić information content (AvgIpc) is 3.30. The number of hydrogen-bond acceptors (Lipinski definition) is 3. The molecule has 1 aliphatic rings. The molecular weight excluding hydrogens is 489 g/mol. The number of amides is 1. The van der Waals surface area contributed by atoms with Crippen LogP contribution in [0, 0.1) is 6.92 Å². The second-order valence-electron chi connectivity index (χ2n) is 9.93. The highest BCUT2D eigenvalue weighted by atomic mass is 19.4. The maximum atomic E-state index is 13.2. The number of rotatable bonds is 6. The van der Waals surface area contributed by atoms with E-state index in [0.29, 0.717) is 23.7 Å². The number of pyridine rings is 1. The maximum Gasteiger partial charge on any atom is 0.417 e. The Kier molecular flexibility index (Phi) is 7.15. The van der Waals surface area contributed by atoms with Crippen molar-refractivity contribution in [3.8, 4) is 0 Å². The van der Waals surface area contributed by atoms with E-state index < -0.39 is 17.6 Å². The molecule has 38 heavy (non-hydrogen) atoms. The Bertz CT molecular complexity index is 1420. The molecule has 198 valence electrons. The lowest BCUT2D eigenvalue weighted by Gasteiger charge is -2.34. The smallest absolute Gasteiger partial charge is 0.371 e. The number of aromatic nitrogens is 2. The van der Waals surface area contributed by atoms with Crippen LogP contribution in [0.4, 0.5) is 18.9 Å². The van der Waals surface area contributed by atoms with Gasteiger partial charge in [0.2, 0.25) is 0 Å². The van der Waals surface area contributed by atoms with E-state index in [0.717, 1.165) is 49.4 Å². The van der Waals surface area contributed by atoms with Crippen LogP contribution in [0.1, 0.15) is 64.1 Å². The summed E-state index contributed by atoms with van der Waals surface area (Å²) in [4.78, 5) is 19.8. The number of fused-ring (bicyclic) bond motifs is 1. The van der Waals surface area contributed by atoms with E-state index in [9.17, 15) is 18.0 Å². The zero-order chi connectivity index (χ0) is 26.9. The first-order chi connectivity index (χ1) is 18.2. The average molecular weight is 521 g/mol. The topological polar surface area (TPSA) is 49.6 Å². The molecule has 0 spiro atoms. The molecule has 5 rings (SSSR count). The molecule has 0 unspecified atom stereocenters. The largest absolute Gasteiger partial charge is 0.417 e. The normalized spacial score (nSPS) is 14.7. The fourth-order valence-corrected chi connectivity index (χ4v) is 5.15. The Balaban J connectivity index is 1.22. The van der Waals surface area contributed by atoms with Crippen LogP contribution in [0.5, 0.6) is 0 Å². The van der Waals surface area contributed by atoms with E-state index >= 15 is 0 Å². The van der Waals surface area contributed by atoms with Crippen molar-refractivity contribution in [2.75, 3.05) is 18.0 Å². The van der Waals surface area contributed by atoms with Crippen LogP contribution in [0.25, 0.3) is 5.65 Å². The van der Waals surface area contributed by atoms with Crippen molar-refractivity contribution in [2.45, 2.75) is 51.7 Å². The van der Waals surface area contributed by atoms with Gasteiger partial charge in [0, 0.05) is 31.5 Å². The first-order valence-electron chi connectivity index (χ1n) is 13.0. The van der Waals surface area contributed by atoms with Gasteiger partial charge in [0.25, 0.3) is 5.91 Å². The predicted molar refractivity (Wildman–Crippen MR) is 143 cm³/mol. The van der Waals surface area contributed by atoms with E-state index in [4.69, 9.17) is 0 Å². The molecule has 8 heteroatoms. The van der Waals surface area contributed by atoms with Crippen LogP contribution in [-0.4, -0.2) is 28.4 Å². The summed E-state index contributed by atoms with van der Waals surface area (Å²) in [6.45, 7) is 6.18. The molecule has 0 atom stereocenters. The molecule has 0 radical (unpaired) electrons. The van der Waals surface area contributed by atoms with Crippen molar-refractivity contribution in [2.24, 2.45) is 0 Å². The number of aryl methyl sites for hydroxylation is 2. The molecule has 1 aliphatic heterocycles. The molecular formula is C30H31F3N4O. The number of nitrogens with one attached hydrogen (secondary N) is 1. The maximum absolute atomic E-state index is 13.2. The Labute approximate surface area is 220 Å². The third-order valence-electron chi connectivity index (χ3n) is 7.37. The molecule has 0 bridgehead atoms. The van der Waals surface area contributed by atoms with Gasteiger partial charge >= 0.3 is 6.18 Å². The summed E-state index contributed by atoms with van der Waals surface area (Å²) >= 11 is 0. The van der Waals surface area contributed by atoms with Crippen LogP contribution in [0.2, 0.25) is 0 Å². The summed E-state index contributed by atoms with van der Waals surface area (Å²) in [5.74, 6) is 0.136. The van der Waals surface area contributed by atoms with Gasteiger partial charge in [-0.15, -0.1) is 0 Å². The summed E-state index contributed by atoms with van der Waals surface area (Å²) in [5.41, 5.74) is 4.85. The first kappa shape index (κ1) is 25.8. The molecule has 4 aromatic rings. The molecule has 1 N–H and O–H groups in total. The Morgan fingerprint density at radius 3 is 2.32 bits per heavy atom. The molecule has 0 saturated carbocycles. The quantitative estimate of drug-likeness (QED) is 0.314. The van der Waals surface area contributed by atoms with Crippen molar-refractivity contribution in [3.05, 3.63) is 101 Å². The number of hydrogen-bond donors (Lipinski definition) is 1. The lowest BCUT2D eigenvalue weighted by atomic mass is 9.89. The van der Waals surface area contributed by atoms with Crippen LogP contribution in [-0.2, 0) is 19.1 Å². The van der Waals surface area contributed by atoms with Gasteiger partial charge in [0.15, 0.2) is 0 Å². The van der Waals surface area contributed by atoms with Crippen molar-refractivity contribution >= 4 is 17.2 Å². The number of halogens is 3. The molecule has 3 heterocycles. The molecule has 1 fully saturated rings. The minimum Gasteiger partial charge on any atom is -0.371 e. The van der Waals surface area contributed by atoms with Gasteiger partial charge < -0.3 is 10.2 Å². The first-order valence-corrected chi connectivity index (χ1v) is 13.0. The number of carbonyl (C=O) groups is 1. The number of alkyl halides is 3. The SMILES string of the molecule is CCc1nc2ccc(C(F)(F)F)cn2c1C(=O)NCc1ccc(N2CCC(c3ccc(C)cc3)CC2)cc1. The van der Waals surface area contributed by atoms with Crippen LogP contribution >= 0.6 is 0 Å². The van der Waals surface area contributed by atoms with E-state index in [2.05, 4.69) is 58.5 Å². The summed E-state index contributed by atoms with van der Waals surface area (Å²) in [6, 6.07) is 19.2. The minimum atomic E-state index is -4.50. The zero-order valence-corrected chi connectivity index (χ0v) is 21.6. The molecule has 5 nitrogen and oxygen atoms in total. The fraction of sp³-hybridized carbons (Fsp3) is 0.333. The van der Waals surface area contributed by atoms with E-state index in [1.807, 2.05) is 19.1 Å². The molecule has 2 aromatic heterocycles. The second kappa shape index (κ2) is 10.5. The van der Waals surface area contributed by atoms with Gasteiger partial charge in [0.1, 0.15) is 11.3 Å². The standard InChI is InChI=1S/C30H31F3N4O/c1-3-26-28(37-19-24(30(31,32)33)10-13-27(37)35-26)29(38)34-18-21-6-11-25(12-7-21)36-16-14-23(15-17-36)22-8-4-20(2)5-9-22/h4-13,19,23H,3,14-18H2,1-2H3,(H,34,38). The predicted octanol–water partition coefficient (Wildman–Crippen LogP) is 6.54. The summed E-state index contributed by atoms with van der Waals surface area (Å²) < 4.78 is 41.0. The molecule has 1 saturated heterocycles. The van der Waals surface area contributed by atoms with Crippen LogP contribution in [0.15, 0.2) is 66.9 Å². The number of piperidine rings is 1. The van der Waals surface area contributed by atoms with Crippen LogP contribution < -0.4 is 10.2 Å². The molecule has 0 aliphatic carbocycles. The summed E-state index contributed by atoms with van der Waals surface area (Å²) in [5, 5.41) is 2.86. The Morgan fingerprint density at radius 1 is 1.00 bits per heavy atom. The minimum absolute atomic E-state index is 0.140. The van der Waals surface area contributed by atoms with Crippen LogP contribution in [0.3, 0.4) is 0 Å². The van der Waals surface area contributed by atoms with Gasteiger partial charge in [-0.1, -0.05) is 48.9 Å². The van der Waals surface area contributed by atoms with Crippen molar-refractivity contribution in [1.82, 2.24) is 14.7 Å². The molecule has 1 amide bonds. The highest BCUT2D eigenvalue weighted by Gasteiger charge is 2.32. The summed E-state index contributed by atoms with van der Waals surface area (Å²) in [6.07, 6.45) is -0.920. The van der Waals surface area contributed by atoms with Gasteiger partial charge in [-0.2, -0.15) is 13.2 Å². The summed E-state index contributed by atoms with van der Waals surface area (Å²) in [7, 11) is 0. The van der Waals surface area contributed by atoms with E-state index in [-0.39, 0.29) is 12.2 Å². The highest BCUT2D eigenvalue weighted by Crippen LogP contribution is 2.31. The van der Waals surface area contributed by atoms with Gasteiger partial charge in [-0.3, -0.25) is 9.20 Å². The third kappa shape index (κ3) is 5.39. The van der Waals surface area contributed by atoms with Gasteiger partial charge in [0.05, 0.1) is 11.3 Å². The number of anilines is 1. The van der Waals surface area contributed by atoms with Gasteiger partial charge in [-0.25, -0.2) is 4.98 Å². The van der Waals surface area contributed by atoms with Crippen molar-refractivity contribution in [1.29, 1.82) is 0 Å². The Morgan fingerprint density at radius 2 is 1.68 bits per heavy atom. The fourth-order valence-electron chi connectivity index (χ4n) is 5.15. The Hall–Kier alpha value is -3.81. The zero-order valence-electron chi connectivity index (χ0n) is 21.6. The second-order valence-corrected chi connectivity index (χ2v) is 9.93. The molecule has 2 aromatic carbocycles. The highest BCUT2D eigenvalue weighted by molar-refractivity contribution is 5.94. The lowest BCUT2D eigenvalue weighted by molar-refractivity contribution is -0.137. The van der Waals surface area contributed by atoms with E-state index in [1.54, 1.807) is 0 Å². The van der Waals surface area contributed by atoms with Gasteiger partial charge in [-0.05, 0) is 67.5 Å². The van der Waals surface area contributed by atoms with E-state index in [1.165, 1.54) is 21.6 Å². The number of benzene rings is 2. The number of carbonyl (C=O) groups excluding carboxylic acids is 1.